The number of anilines is 1. The Morgan fingerprint density at radius 3 is 2.67 bits per heavy atom. The Morgan fingerprint density at radius 2 is 1.95 bits per heavy atom. The number of nitrogens with zero attached hydrogens (tertiary/aromatic N) is 3. The summed E-state index contributed by atoms with van der Waals surface area (Å²) in [6.07, 6.45) is 2.27. The normalized spacial score (nSPS) is 17.2. The van der Waals surface area contributed by atoms with E-state index in [9.17, 15) is 20.2 Å². The molecule has 1 aliphatic rings. The van der Waals surface area contributed by atoms with Gasteiger partial charge < -0.3 is 4.74 Å². The minimum absolute atomic E-state index is 0.128. The van der Waals surface area contributed by atoms with Crippen molar-refractivity contribution in [2.45, 2.75) is 19.3 Å². The van der Waals surface area contributed by atoms with E-state index in [4.69, 9.17) is 4.74 Å². The summed E-state index contributed by atoms with van der Waals surface area (Å²) >= 11 is 0. The van der Waals surface area contributed by atoms with Gasteiger partial charge in [-0.1, -0.05) is 0 Å². The van der Waals surface area contributed by atoms with Crippen molar-refractivity contribution in [3.8, 4) is 0 Å². The van der Waals surface area contributed by atoms with Crippen LogP contribution >= 0.6 is 0 Å². The molecule has 0 unspecified atom stereocenters. The smallest absolute Gasteiger partial charge is 0.301 e. The summed E-state index contributed by atoms with van der Waals surface area (Å²) in [5.74, 6) is 0. The number of nitro benzene ring substituents is 2. The average Bonchev–Trinajstić information content (AvgIpc) is 2.73. The standard InChI is InChI=1S/C12H14N4O5/c17-15(18)10-3-4-11(12(8-10)16(19)20)14-13-9-2-1-6-21-7-5-9/h3-4,8,14H,1-2,5-7H2/b13-9-. The minimum Gasteiger partial charge on any atom is -0.381 e. The van der Waals surface area contributed by atoms with E-state index in [1.807, 2.05) is 0 Å². The molecule has 0 bridgehead atoms. The summed E-state index contributed by atoms with van der Waals surface area (Å²) in [5.41, 5.74) is 2.91. The molecule has 1 heterocycles. The molecular weight excluding hydrogens is 280 g/mol. The first-order valence-corrected chi connectivity index (χ1v) is 6.40. The maximum Gasteiger partial charge on any atom is 0.301 e. The van der Waals surface area contributed by atoms with Gasteiger partial charge in [0.05, 0.1) is 22.5 Å². The SMILES string of the molecule is O=[N+]([O-])c1ccc(N/N=C2/CCCOCC2)c([N+](=O)[O-])c1. The zero-order chi connectivity index (χ0) is 15.2. The van der Waals surface area contributed by atoms with Gasteiger partial charge in [-0.2, -0.15) is 5.10 Å². The van der Waals surface area contributed by atoms with Gasteiger partial charge in [-0.05, 0) is 18.9 Å². The lowest BCUT2D eigenvalue weighted by molar-refractivity contribution is -0.393. The number of benzene rings is 1. The molecule has 0 radical (unpaired) electrons. The van der Waals surface area contributed by atoms with Gasteiger partial charge in [0, 0.05) is 24.8 Å². The average molecular weight is 294 g/mol. The Kier molecular flexibility index (Phi) is 4.77. The number of hydrogen-bond donors (Lipinski definition) is 1. The summed E-state index contributed by atoms with van der Waals surface area (Å²) in [6, 6.07) is 3.40. The highest BCUT2D eigenvalue weighted by Crippen LogP contribution is 2.29. The van der Waals surface area contributed by atoms with Crippen molar-refractivity contribution in [3.63, 3.8) is 0 Å². The second-order valence-electron chi connectivity index (χ2n) is 4.47. The summed E-state index contributed by atoms with van der Waals surface area (Å²) < 4.78 is 5.29. The molecular formula is C12H14N4O5. The molecule has 21 heavy (non-hydrogen) atoms. The molecule has 1 aromatic rings. The predicted molar refractivity (Wildman–Crippen MR) is 75.5 cm³/mol. The van der Waals surface area contributed by atoms with Crippen molar-refractivity contribution in [3.05, 3.63) is 38.4 Å². The van der Waals surface area contributed by atoms with Crippen LogP contribution in [0.1, 0.15) is 19.3 Å². The highest BCUT2D eigenvalue weighted by molar-refractivity contribution is 5.85. The third kappa shape index (κ3) is 3.96. The first kappa shape index (κ1) is 14.9. The third-order valence-electron chi connectivity index (χ3n) is 3.01. The van der Waals surface area contributed by atoms with Crippen LogP contribution in [0.5, 0.6) is 0 Å². The van der Waals surface area contributed by atoms with Gasteiger partial charge in [0.25, 0.3) is 5.69 Å². The van der Waals surface area contributed by atoms with Gasteiger partial charge in [-0.3, -0.25) is 25.7 Å². The van der Waals surface area contributed by atoms with Gasteiger partial charge >= 0.3 is 5.69 Å². The number of hydrazone groups is 1. The largest absolute Gasteiger partial charge is 0.381 e. The molecule has 9 heteroatoms. The zero-order valence-electron chi connectivity index (χ0n) is 11.2. The lowest BCUT2D eigenvalue weighted by atomic mass is 10.2. The van der Waals surface area contributed by atoms with Crippen LogP contribution < -0.4 is 5.43 Å². The van der Waals surface area contributed by atoms with Crippen molar-refractivity contribution in [2.24, 2.45) is 5.10 Å². The fraction of sp³-hybridized carbons (Fsp3) is 0.417. The maximum atomic E-state index is 11.0. The highest BCUT2D eigenvalue weighted by Gasteiger charge is 2.19. The van der Waals surface area contributed by atoms with Crippen LogP contribution in [-0.4, -0.2) is 28.8 Å². The van der Waals surface area contributed by atoms with Gasteiger partial charge in [-0.15, -0.1) is 0 Å². The van der Waals surface area contributed by atoms with Gasteiger partial charge in [0.1, 0.15) is 5.69 Å². The van der Waals surface area contributed by atoms with Crippen LogP contribution in [0, 0.1) is 20.2 Å². The number of ether oxygens (including phenoxy) is 1. The quantitative estimate of drug-likeness (QED) is 0.672. The maximum absolute atomic E-state index is 11.0. The monoisotopic (exact) mass is 294 g/mol. The van der Waals surface area contributed by atoms with Crippen LogP contribution in [0.4, 0.5) is 17.1 Å². The molecule has 1 fully saturated rings. The number of nitrogens with one attached hydrogen (secondary N) is 1. The Hall–Kier alpha value is -2.55. The lowest BCUT2D eigenvalue weighted by Gasteiger charge is -2.05. The van der Waals surface area contributed by atoms with E-state index in [1.165, 1.54) is 12.1 Å². The van der Waals surface area contributed by atoms with E-state index in [1.54, 1.807) is 0 Å². The molecule has 0 aromatic heterocycles. The van der Waals surface area contributed by atoms with Gasteiger partial charge in [0.15, 0.2) is 0 Å². The first-order valence-electron chi connectivity index (χ1n) is 6.40. The second-order valence-corrected chi connectivity index (χ2v) is 4.47. The van der Waals surface area contributed by atoms with Crippen molar-refractivity contribution in [1.82, 2.24) is 0 Å². The summed E-state index contributed by atoms with van der Waals surface area (Å²) in [6.45, 7) is 1.25. The van der Waals surface area contributed by atoms with Crippen LogP contribution in [0.3, 0.4) is 0 Å². The Balaban J connectivity index is 2.20. The number of non-ortho nitro benzene ring substituents is 1. The van der Waals surface area contributed by atoms with Crippen molar-refractivity contribution in [2.75, 3.05) is 18.6 Å². The zero-order valence-corrected chi connectivity index (χ0v) is 11.2. The fourth-order valence-corrected chi connectivity index (χ4v) is 1.93. The molecule has 2 rings (SSSR count). The van der Waals surface area contributed by atoms with Crippen molar-refractivity contribution in [1.29, 1.82) is 0 Å². The molecule has 0 atom stereocenters. The van der Waals surface area contributed by atoms with Gasteiger partial charge in [-0.25, -0.2) is 0 Å². The molecule has 0 saturated carbocycles. The summed E-state index contributed by atoms with van der Waals surface area (Å²) in [7, 11) is 0. The summed E-state index contributed by atoms with van der Waals surface area (Å²) in [5, 5.41) is 25.8. The van der Waals surface area contributed by atoms with Crippen LogP contribution in [-0.2, 0) is 4.74 Å². The van der Waals surface area contributed by atoms with E-state index in [2.05, 4.69) is 10.5 Å². The second kappa shape index (κ2) is 6.75. The van der Waals surface area contributed by atoms with E-state index >= 15 is 0 Å². The van der Waals surface area contributed by atoms with E-state index in [-0.39, 0.29) is 17.1 Å². The Labute approximate surface area is 119 Å². The van der Waals surface area contributed by atoms with E-state index in [0.29, 0.717) is 19.6 Å². The Morgan fingerprint density at radius 1 is 1.14 bits per heavy atom. The van der Waals surface area contributed by atoms with Crippen molar-refractivity contribution < 1.29 is 14.6 Å². The number of nitro groups is 2. The third-order valence-corrected chi connectivity index (χ3v) is 3.01. The first-order chi connectivity index (χ1) is 10.1. The molecule has 1 saturated heterocycles. The van der Waals surface area contributed by atoms with Crippen LogP contribution in [0.15, 0.2) is 23.3 Å². The van der Waals surface area contributed by atoms with Crippen LogP contribution in [0.2, 0.25) is 0 Å². The molecule has 0 aliphatic carbocycles. The van der Waals surface area contributed by atoms with E-state index in [0.717, 1.165) is 24.6 Å². The number of hydrogen-bond acceptors (Lipinski definition) is 7. The topological polar surface area (TPSA) is 120 Å². The highest BCUT2D eigenvalue weighted by atomic mass is 16.6. The van der Waals surface area contributed by atoms with E-state index < -0.39 is 9.85 Å². The molecule has 1 aromatic carbocycles. The summed E-state index contributed by atoms with van der Waals surface area (Å²) in [4.78, 5) is 20.3. The molecule has 0 amide bonds. The molecule has 1 aliphatic heterocycles. The minimum atomic E-state index is -0.675. The van der Waals surface area contributed by atoms with Gasteiger partial charge in [0.2, 0.25) is 0 Å². The number of rotatable bonds is 4. The Bertz CT molecular complexity index is 577. The fourth-order valence-electron chi connectivity index (χ4n) is 1.93. The molecule has 112 valence electrons. The van der Waals surface area contributed by atoms with Crippen molar-refractivity contribution >= 4 is 22.8 Å². The predicted octanol–water partition coefficient (Wildman–Crippen LogP) is 2.47. The van der Waals surface area contributed by atoms with Crippen LogP contribution in [0.25, 0.3) is 0 Å². The lowest BCUT2D eigenvalue weighted by Crippen LogP contribution is -2.04. The molecule has 9 nitrogen and oxygen atoms in total. The molecule has 0 spiro atoms. The molecule has 1 N–H and O–H groups in total.